The van der Waals surface area contributed by atoms with E-state index in [1.54, 1.807) is 6.07 Å². The second kappa shape index (κ2) is 6.10. The van der Waals surface area contributed by atoms with Gasteiger partial charge in [0.05, 0.1) is 5.56 Å². The summed E-state index contributed by atoms with van der Waals surface area (Å²) in [6.07, 6.45) is -4.36. The normalized spacial score (nSPS) is 11.5. The van der Waals surface area contributed by atoms with Gasteiger partial charge in [0.25, 0.3) is 0 Å². The average Bonchev–Trinajstić information content (AvgIpc) is 2.35. The monoisotopic (exact) mass is 357 g/mol. The summed E-state index contributed by atoms with van der Waals surface area (Å²) in [6, 6.07) is 10.2. The number of aryl methyl sites for hydroxylation is 2. The van der Waals surface area contributed by atoms with Crippen molar-refractivity contribution in [3.8, 4) is 0 Å². The maximum atomic E-state index is 12.8. The van der Waals surface area contributed by atoms with E-state index in [-0.39, 0.29) is 4.47 Å². The summed E-state index contributed by atoms with van der Waals surface area (Å²) < 4.78 is 38.6. The van der Waals surface area contributed by atoms with Gasteiger partial charge in [-0.25, -0.2) is 0 Å². The molecular weight excluding hydrogens is 343 g/mol. The zero-order valence-electron chi connectivity index (χ0n) is 11.7. The Morgan fingerprint density at radius 2 is 1.62 bits per heavy atom. The Labute approximate surface area is 130 Å². The summed E-state index contributed by atoms with van der Waals surface area (Å²) in [4.78, 5) is 0. The number of hydrogen-bond donors (Lipinski definition) is 1. The van der Waals surface area contributed by atoms with E-state index in [1.165, 1.54) is 6.07 Å². The van der Waals surface area contributed by atoms with Gasteiger partial charge in [0, 0.05) is 16.7 Å². The van der Waals surface area contributed by atoms with Crippen molar-refractivity contribution in [3.05, 3.63) is 63.1 Å². The molecule has 0 fully saturated rings. The van der Waals surface area contributed by atoms with Gasteiger partial charge in [-0.3, -0.25) is 0 Å². The predicted molar refractivity (Wildman–Crippen MR) is 82.4 cm³/mol. The number of halogens is 4. The van der Waals surface area contributed by atoms with Crippen LogP contribution >= 0.6 is 15.9 Å². The fraction of sp³-hybridized carbons (Fsp3) is 0.250. The summed E-state index contributed by atoms with van der Waals surface area (Å²) in [5, 5.41) is 3.03. The Morgan fingerprint density at radius 3 is 2.19 bits per heavy atom. The molecule has 1 N–H and O–H groups in total. The minimum atomic E-state index is -4.36. The van der Waals surface area contributed by atoms with E-state index in [9.17, 15) is 13.2 Å². The molecule has 0 unspecified atom stereocenters. The molecule has 5 heteroatoms. The Hall–Kier alpha value is -1.49. The molecule has 0 spiro atoms. The number of benzene rings is 2. The van der Waals surface area contributed by atoms with E-state index in [4.69, 9.17) is 0 Å². The van der Waals surface area contributed by atoms with Crippen LogP contribution in [0.2, 0.25) is 0 Å². The molecule has 21 heavy (non-hydrogen) atoms. The SMILES string of the molecule is Cc1cc(C)cc(CNc2ccc(Br)c(C(F)(F)F)c2)c1. The smallest absolute Gasteiger partial charge is 0.381 e. The van der Waals surface area contributed by atoms with Gasteiger partial charge in [-0.2, -0.15) is 13.2 Å². The maximum absolute atomic E-state index is 12.8. The molecule has 0 amide bonds. The summed E-state index contributed by atoms with van der Waals surface area (Å²) in [5.74, 6) is 0. The van der Waals surface area contributed by atoms with Crippen LogP contribution in [0.1, 0.15) is 22.3 Å². The molecule has 0 saturated carbocycles. The quantitative estimate of drug-likeness (QED) is 0.743. The van der Waals surface area contributed by atoms with Gasteiger partial charge >= 0.3 is 6.18 Å². The lowest BCUT2D eigenvalue weighted by Gasteiger charge is -2.13. The van der Waals surface area contributed by atoms with Gasteiger partial charge in [-0.15, -0.1) is 0 Å². The maximum Gasteiger partial charge on any atom is 0.417 e. The largest absolute Gasteiger partial charge is 0.417 e. The Kier molecular flexibility index (Phi) is 4.61. The fourth-order valence-corrected chi connectivity index (χ4v) is 2.70. The summed E-state index contributed by atoms with van der Waals surface area (Å²) >= 11 is 2.93. The van der Waals surface area contributed by atoms with Crippen molar-refractivity contribution in [3.63, 3.8) is 0 Å². The standard InChI is InChI=1S/C16H15BrF3N/c1-10-5-11(2)7-12(6-10)9-21-13-3-4-15(17)14(8-13)16(18,19)20/h3-8,21H,9H2,1-2H3. The third kappa shape index (κ3) is 4.24. The highest BCUT2D eigenvalue weighted by Gasteiger charge is 2.33. The molecule has 0 radical (unpaired) electrons. The van der Waals surface area contributed by atoms with Crippen LogP contribution < -0.4 is 5.32 Å². The Bertz CT molecular complexity index is 630. The van der Waals surface area contributed by atoms with Gasteiger partial charge in [0.15, 0.2) is 0 Å². The molecule has 0 aliphatic heterocycles. The lowest BCUT2D eigenvalue weighted by atomic mass is 10.1. The van der Waals surface area contributed by atoms with Gasteiger partial charge in [-0.1, -0.05) is 45.3 Å². The first kappa shape index (κ1) is 15.9. The van der Waals surface area contributed by atoms with Crippen molar-refractivity contribution < 1.29 is 13.2 Å². The molecule has 0 atom stereocenters. The zero-order valence-corrected chi connectivity index (χ0v) is 13.3. The Morgan fingerprint density at radius 1 is 1.00 bits per heavy atom. The first-order valence-electron chi connectivity index (χ1n) is 6.43. The van der Waals surface area contributed by atoms with E-state index < -0.39 is 11.7 Å². The summed E-state index contributed by atoms with van der Waals surface area (Å²) in [6.45, 7) is 4.48. The molecule has 2 aromatic carbocycles. The van der Waals surface area contributed by atoms with E-state index in [1.807, 2.05) is 26.0 Å². The lowest BCUT2D eigenvalue weighted by Crippen LogP contribution is -2.08. The molecule has 0 aliphatic carbocycles. The molecule has 2 aromatic rings. The molecule has 112 valence electrons. The van der Waals surface area contributed by atoms with Crippen LogP contribution in [-0.2, 0) is 12.7 Å². The van der Waals surface area contributed by atoms with E-state index in [2.05, 4.69) is 27.3 Å². The summed E-state index contributed by atoms with van der Waals surface area (Å²) in [7, 11) is 0. The molecule has 0 aromatic heterocycles. The van der Waals surface area contributed by atoms with E-state index in [0.29, 0.717) is 12.2 Å². The highest BCUT2D eigenvalue weighted by atomic mass is 79.9. The Balaban J connectivity index is 2.17. The number of anilines is 1. The highest BCUT2D eigenvalue weighted by Crippen LogP contribution is 2.36. The predicted octanol–water partition coefficient (Wildman–Crippen LogP) is 5.70. The van der Waals surface area contributed by atoms with Crippen LogP contribution in [0, 0.1) is 13.8 Å². The van der Waals surface area contributed by atoms with Gasteiger partial charge in [0.2, 0.25) is 0 Å². The second-order valence-electron chi connectivity index (χ2n) is 5.04. The van der Waals surface area contributed by atoms with Crippen LogP contribution in [-0.4, -0.2) is 0 Å². The minimum absolute atomic E-state index is 0.0481. The van der Waals surface area contributed by atoms with Crippen molar-refractivity contribution in [2.75, 3.05) is 5.32 Å². The fourth-order valence-electron chi connectivity index (χ4n) is 2.23. The number of hydrogen-bond acceptors (Lipinski definition) is 1. The first-order chi connectivity index (χ1) is 9.75. The van der Waals surface area contributed by atoms with Gasteiger partial charge in [0.1, 0.15) is 0 Å². The van der Waals surface area contributed by atoms with E-state index >= 15 is 0 Å². The number of alkyl halides is 3. The zero-order chi connectivity index (χ0) is 15.6. The van der Waals surface area contributed by atoms with Crippen molar-refractivity contribution in [1.29, 1.82) is 0 Å². The molecule has 0 aliphatic rings. The molecule has 0 bridgehead atoms. The first-order valence-corrected chi connectivity index (χ1v) is 7.23. The van der Waals surface area contributed by atoms with Crippen LogP contribution in [0.3, 0.4) is 0 Å². The second-order valence-corrected chi connectivity index (χ2v) is 5.90. The van der Waals surface area contributed by atoms with Gasteiger partial charge < -0.3 is 5.32 Å². The molecule has 0 saturated heterocycles. The topological polar surface area (TPSA) is 12.0 Å². The molecule has 0 heterocycles. The highest BCUT2D eigenvalue weighted by molar-refractivity contribution is 9.10. The van der Waals surface area contributed by atoms with Crippen LogP contribution in [0.4, 0.5) is 18.9 Å². The summed E-state index contributed by atoms with van der Waals surface area (Å²) in [5.41, 5.74) is 3.10. The van der Waals surface area contributed by atoms with Crippen molar-refractivity contribution >= 4 is 21.6 Å². The van der Waals surface area contributed by atoms with Crippen LogP contribution in [0.15, 0.2) is 40.9 Å². The van der Waals surface area contributed by atoms with Crippen molar-refractivity contribution in [1.82, 2.24) is 0 Å². The van der Waals surface area contributed by atoms with Crippen molar-refractivity contribution in [2.24, 2.45) is 0 Å². The molecule has 2 rings (SSSR count). The van der Waals surface area contributed by atoms with E-state index in [0.717, 1.165) is 22.8 Å². The lowest BCUT2D eigenvalue weighted by molar-refractivity contribution is -0.138. The number of nitrogens with one attached hydrogen (secondary N) is 1. The molecular formula is C16H15BrF3N. The van der Waals surface area contributed by atoms with Gasteiger partial charge in [-0.05, 0) is 37.6 Å². The minimum Gasteiger partial charge on any atom is -0.381 e. The third-order valence-corrected chi connectivity index (χ3v) is 3.74. The van der Waals surface area contributed by atoms with Crippen LogP contribution in [0.5, 0.6) is 0 Å². The molecule has 1 nitrogen and oxygen atoms in total. The van der Waals surface area contributed by atoms with Crippen molar-refractivity contribution in [2.45, 2.75) is 26.6 Å². The van der Waals surface area contributed by atoms with Crippen LogP contribution in [0.25, 0.3) is 0 Å². The average molecular weight is 358 g/mol. The third-order valence-electron chi connectivity index (χ3n) is 3.05. The number of rotatable bonds is 3.